The molecule has 5 heteroatoms. The first-order chi connectivity index (χ1) is 12.7. The van der Waals surface area contributed by atoms with Crippen LogP contribution >= 0.6 is 11.3 Å². The molecule has 4 nitrogen and oxygen atoms in total. The van der Waals surface area contributed by atoms with Crippen LogP contribution < -0.4 is 14.8 Å². The number of ether oxygens (including phenoxy) is 2. The number of amides is 1. The van der Waals surface area contributed by atoms with Crippen LogP contribution in [0.2, 0.25) is 0 Å². The first-order valence-corrected chi connectivity index (χ1v) is 9.45. The van der Waals surface area contributed by atoms with Gasteiger partial charge in [-0.05, 0) is 30.2 Å². The van der Waals surface area contributed by atoms with Crippen molar-refractivity contribution < 1.29 is 14.3 Å². The lowest BCUT2D eigenvalue weighted by molar-refractivity contribution is -0.116. The van der Waals surface area contributed by atoms with E-state index in [0.717, 1.165) is 33.9 Å². The molecule has 3 aromatic rings. The second-order valence-corrected chi connectivity index (χ2v) is 7.58. The fourth-order valence-electron chi connectivity index (χ4n) is 3.57. The summed E-state index contributed by atoms with van der Waals surface area (Å²) in [6.45, 7) is 2.33. The Morgan fingerprint density at radius 2 is 1.88 bits per heavy atom. The fourth-order valence-corrected chi connectivity index (χ4v) is 4.73. The number of rotatable bonds is 2. The predicted molar refractivity (Wildman–Crippen MR) is 102 cm³/mol. The number of benzene rings is 2. The minimum Gasteiger partial charge on any atom is -0.454 e. The molecule has 3 heterocycles. The number of hydrogen-bond donors (Lipinski definition) is 1. The van der Waals surface area contributed by atoms with Crippen LogP contribution in [0.3, 0.4) is 0 Å². The van der Waals surface area contributed by atoms with Crippen molar-refractivity contribution in [1.29, 1.82) is 0 Å². The second kappa shape index (κ2) is 5.88. The largest absolute Gasteiger partial charge is 0.454 e. The van der Waals surface area contributed by atoms with Crippen LogP contribution in [0.1, 0.15) is 28.3 Å². The highest BCUT2D eigenvalue weighted by molar-refractivity contribution is 7.11. The van der Waals surface area contributed by atoms with E-state index in [0.29, 0.717) is 6.42 Å². The molecule has 130 valence electrons. The lowest BCUT2D eigenvalue weighted by Gasteiger charge is -2.24. The maximum atomic E-state index is 12.4. The van der Waals surface area contributed by atoms with Gasteiger partial charge < -0.3 is 14.8 Å². The molecule has 0 saturated heterocycles. The Kier molecular flexibility index (Phi) is 3.50. The van der Waals surface area contributed by atoms with Crippen LogP contribution in [0.4, 0.5) is 5.69 Å². The topological polar surface area (TPSA) is 47.6 Å². The highest BCUT2D eigenvalue weighted by Crippen LogP contribution is 2.47. The van der Waals surface area contributed by atoms with Crippen molar-refractivity contribution in [3.8, 4) is 22.6 Å². The van der Waals surface area contributed by atoms with Crippen LogP contribution in [0.25, 0.3) is 11.1 Å². The molecule has 0 radical (unpaired) electrons. The summed E-state index contributed by atoms with van der Waals surface area (Å²) >= 11 is 1.70. The zero-order valence-electron chi connectivity index (χ0n) is 14.2. The van der Waals surface area contributed by atoms with E-state index >= 15 is 0 Å². The van der Waals surface area contributed by atoms with Gasteiger partial charge in [0.15, 0.2) is 11.5 Å². The van der Waals surface area contributed by atoms with Gasteiger partial charge in [0.25, 0.3) is 0 Å². The Bertz CT molecular complexity index is 1010. The number of hydrogen-bond acceptors (Lipinski definition) is 4. The number of carbonyl (C=O) groups excluding carboxylic acids is 1. The monoisotopic (exact) mass is 363 g/mol. The van der Waals surface area contributed by atoms with Crippen LogP contribution in [-0.2, 0) is 4.79 Å². The molecule has 1 aromatic heterocycles. The van der Waals surface area contributed by atoms with Gasteiger partial charge in [-0.15, -0.1) is 11.3 Å². The van der Waals surface area contributed by atoms with Gasteiger partial charge in [0, 0.05) is 28.2 Å². The van der Waals surface area contributed by atoms with Crippen LogP contribution in [0.15, 0.2) is 47.8 Å². The summed E-state index contributed by atoms with van der Waals surface area (Å²) in [5, 5.41) is 5.23. The molecule has 0 bridgehead atoms. The zero-order chi connectivity index (χ0) is 17.7. The van der Waals surface area contributed by atoms with Crippen molar-refractivity contribution in [1.82, 2.24) is 0 Å². The minimum absolute atomic E-state index is 0.0393. The Balaban J connectivity index is 1.59. The molecule has 0 unspecified atom stereocenters. The third-order valence-corrected chi connectivity index (χ3v) is 6.05. The van der Waals surface area contributed by atoms with Gasteiger partial charge in [-0.25, -0.2) is 0 Å². The second-order valence-electron chi connectivity index (χ2n) is 6.67. The Morgan fingerprint density at radius 1 is 1.08 bits per heavy atom. The van der Waals surface area contributed by atoms with Crippen molar-refractivity contribution in [2.45, 2.75) is 19.3 Å². The lowest BCUT2D eigenvalue weighted by Crippen LogP contribution is -2.22. The molecular weight excluding hydrogens is 346 g/mol. The van der Waals surface area contributed by atoms with E-state index in [1.165, 1.54) is 10.4 Å². The standard InChI is InChI=1S/C21H17NO3S/c1-12-2-4-13(5-3-12)16-10-26-21-15(9-19(23)22-20(16)21)14-6-7-17-18(8-14)25-11-24-17/h2-8,10,15H,9,11H2,1H3,(H,22,23)/t15-/m1/s1. The fraction of sp³-hybridized carbons (Fsp3) is 0.190. The third kappa shape index (κ3) is 2.47. The molecule has 26 heavy (non-hydrogen) atoms. The summed E-state index contributed by atoms with van der Waals surface area (Å²) in [5.74, 6) is 1.61. The molecule has 5 rings (SSSR count). The van der Waals surface area contributed by atoms with E-state index in [1.807, 2.05) is 18.2 Å². The van der Waals surface area contributed by atoms with E-state index in [1.54, 1.807) is 11.3 Å². The highest BCUT2D eigenvalue weighted by Gasteiger charge is 2.31. The first kappa shape index (κ1) is 15.5. The molecule has 2 aliphatic rings. The quantitative estimate of drug-likeness (QED) is 0.702. The molecule has 0 spiro atoms. The van der Waals surface area contributed by atoms with Crippen LogP contribution in [0, 0.1) is 6.92 Å². The van der Waals surface area contributed by atoms with Gasteiger partial charge in [-0.3, -0.25) is 4.79 Å². The first-order valence-electron chi connectivity index (χ1n) is 8.57. The van der Waals surface area contributed by atoms with E-state index in [2.05, 4.69) is 41.9 Å². The predicted octanol–water partition coefficient (Wildman–Crippen LogP) is 4.93. The minimum atomic E-state index is 0.0393. The van der Waals surface area contributed by atoms with Gasteiger partial charge in [0.1, 0.15) is 0 Å². The summed E-state index contributed by atoms with van der Waals surface area (Å²) in [5.41, 5.74) is 5.46. The summed E-state index contributed by atoms with van der Waals surface area (Å²) in [7, 11) is 0. The highest BCUT2D eigenvalue weighted by atomic mass is 32.1. The molecule has 1 N–H and O–H groups in total. The van der Waals surface area contributed by atoms with Crippen molar-refractivity contribution in [2.24, 2.45) is 0 Å². The smallest absolute Gasteiger partial charge is 0.231 e. The maximum absolute atomic E-state index is 12.4. The third-order valence-electron chi connectivity index (χ3n) is 4.95. The van der Waals surface area contributed by atoms with Gasteiger partial charge in [-0.1, -0.05) is 35.9 Å². The van der Waals surface area contributed by atoms with E-state index < -0.39 is 0 Å². The van der Waals surface area contributed by atoms with E-state index in [4.69, 9.17) is 9.47 Å². The Hall–Kier alpha value is -2.79. The van der Waals surface area contributed by atoms with Crippen LogP contribution in [-0.4, -0.2) is 12.7 Å². The number of carbonyl (C=O) groups is 1. The van der Waals surface area contributed by atoms with Crippen molar-refractivity contribution in [3.63, 3.8) is 0 Å². The molecule has 0 aliphatic carbocycles. The summed E-state index contributed by atoms with van der Waals surface area (Å²) < 4.78 is 10.9. The summed E-state index contributed by atoms with van der Waals surface area (Å²) in [4.78, 5) is 13.6. The molecule has 2 aromatic carbocycles. The molecule has 1 atom stereocenters. The van der Waals surface area contributed by atoms with E-state index in [9.17, 15) is 4.79 Å². The SMILES string of the molecule is Cc1ccc(-c2csc3c2NC(=O)C[C@@H]3c2ccc3c(c2)OCO3)cc1. The molecule has 0 saturated carbocycles. The van der Waals surface area contributed by atoms with Gasteiger partial charge in [0.2, 0.25) is 12.7 Å². The molecule has 2 aliphatic heterocycles. The van der Waals surface area contributed by atoms with Gasteiger partial charge >= 0.3 is 0 Å². The number of fused-ring (bicyclic) bond motifs is 2. The van der Waals surface area contributed by atoms with E-state index in [-0.39, 0.29) is 18.6 Å². The number of anilines is 1. The normalized spacial score (nSPS) is 17.7. The van der Waals surface area contributed by atoms with Crippen molar-refractivity contribution in [3.05, 3.63) is 63.8 Å². The summed E-state index contributed by atoms with van der Waals surface area (Å²) in [6, 6.07) is 14.4. The maximum Gasteiger partial charge on any atom is 0.231 e. The molecular formula is C21H17NO3S. The number of nitrogens with one attached hydrogen (secondary N) is 1. The van der Waals surface area contributed by atoms with Gasteiger partial charge in [0.05, 0.1) is 5.69 Å². The average molecular weight is 363 g/mol. The van der Waals surface area contributed by atoms with Crippen molar-refractivity contribution in [2.75, 3.05) is 12.1 Å². The Morgan fingerprint density at radius 3 is 2.73 bits per heavy atom. The zero-order valence-corrected chi connectivity index (χ0v) is 15.1. The number of thiophene rings is 1. The number of aryl methyl sites for hydroxylation is 1. The lowest BCUT2D eigenvalue weighted by atomic mass is 9.89. The van der Waals surface area contributed by atoms with Gasteiger partial charge in [-0.2, -0.15) is 0 Å². The molecule has 0 fully saturated rings. The Labute approximate surface area is 155 Å². The van der Waals surface area contributed by atoms with Crippen LogP contribution in [0.5, 0.6) is 11.5 Å². The average Bonchev–Trinajstić information content (AvgIpc) is 3.27. The summed E-state index contributed by atoms with van der Waals surface area (Å²) in [6.07, 6.45) is 0.445. The van der Waals surface area contributed by atoms with Crippen molar-refractivity contribution >= 4 is 22.9 Å². The molecule has 1 amide bonds.